The van der Waals surface area contributed by atoms with E-state index in [0.29, 0.717) is 5.69 Å². The molecule has 0 saturated heterocycles. The van der Waals surface area contributed by atoms with E-state index in [-0.39, 0.29) is 0 Å². The molecule has 3 N–H and O–H groups in total. The van der Waals surface area contributed by atoms with Gasteiger partial charge in [-0.25, -0.2) is 9.97 Å². The Hall–Kier alpha value is -2.04. The van der Waals surface area contributed by atoms with Crippen LogP contribution in [0.15, 0.2) is 37.1 Å². The molecule has 0 aromatic carbocycles. The molecule has 5 nitrogen and oxygen atoms in total. The van der Waals surface area contributed by atoms with E-state index < -0.39 is 0 Å². The maximum Gasteiger partial charge on any atom is 0.149 e. The summed E-state index contributed by atoms with van der Waals surface area (Å²) in [4.78, 5) is 8.18. The molecule has 0 fully saturated rings. The lowest BCUT2D eigenvalue weighted by Crippen LogP contribution is -2.07. The highest BCUT2D eigenvalue weighted by atomic mass is 15.0. The van der Waals surface area contributed by atoms with Crippen LogP contribution in [0.2, 0.25) is 0 Å². The molecule has 0 amide bonds. The Morgan fingerprint density at radius 1 is 1.29 bits per heavy atom. The van der Waals surface area contributed by atoms with E-state index in [1.165, 1.54) is 0 Å². The van der Waals surface area contributed by atoms with Crippen LogP contribution in [0.25, 0.3) is 0 Å². The van der Waals surface area contributed by atoms with Gasteiger partial charge in [0, 0.05) is 31.7 Å². The number of pyridine rings is 1. The van der Waals surface area contributed by atoms with Crippen molar-refractivity contribution in [2.75, 3.05) is 17.6 Å². The maximum atomic E-state index is 5.78. The summed E-state index contributed by atoms with van der Waals surface area (Å²) in [6, 6.07) is 3.68. The van der Waals surface area contributed by atoms with Gasteiger partial charge in [-0.3, -0.25) is 0 Å². The normalized spacial score (nSPS) is 10.4. The van der Waals surface area contributed by atoms with Crippen molar-refractivity contribution in [2.24, 2.45) is 0 Å². The summed E-state index contributed by atoms with van der Waals surface area (Å²) in [5, 5.41) is 3.23. The lowest BCUT2D eigenvalue weighted by atomic mass is 10.3. The Bertz CT molecular complexity index is 438. The number of nitrogens with one attached hydrogen (secondary N) is 1. The Balaban J connectivity index is 1.65. The van der Waals surface area contributed by atoms with Gasteiger partial charge < -0.3 is 15.6 Å². The van der Waals surface area contributed by atoms with Gasteiger partial charge in [-0.15, -0.1) is 0 Å². The quantitative estimate of drug-likeness (QED) is 0.743. The van der Waals surface area contributed by atoms with E-state index >= 15 is 0 Å². The number of unbranched alkanes of at least 4 members (excludes halogenated alkanes) is 1. The maximum absolute atomic E-state index is 5.78. The van der Waals surface area contributed by atoms with Crippen LogP contribution in [0.3, 0.4) is 0 Å². The minimum atomic E-state index is 0.696. The highest BCUT2D eigenvalue weighted by Gasteiger charge is 1.97. The van der Waals surface area contributed by atoms with Crippen LogP contribution in [0.5, 0.6) is 0 Å². The number of rotatable bonds is 6. The van der Waals surface area contributed by atoms with Crippen molar-refractivity contribution in [2.45, 2.75) is 19.4 Å². The number of nitrogen functional groups attached to an aromatic ring is 1. The predicted octanol–water partition coefficient (Wildman–Crippen LogP) is 1.75. The van der Waals surface area contributed by atoms with E-state index in [1.54, 1.807) is 12.4 Å². The highest BCUT2D eigenvalue weighted by Crippen LogP contribution is 2.12. The second-order valence-electron chi connectivity index (χ2n) is 3.88. The third-order valence-corrected chi connectivity index (χ3v) is 2.53. The van der Waals surface area contributed by atoms with Crippen LogP contribution in [0, 0.1) is 0 Å². The first-order chi connectivity index (χ1) is 8.36. The fourth-order valence-corrected chi connectivity index (χ4v) is 1.61. The summed E-state index contributed by atoms with van der Waals surface area (Å²) in [5.41, 5.74) is 6.47. The summed E-state index contributed by atoms with van der Waals surface area (Å²) in [6.07, 6.45) is 9.54. The number of imidazole rings is 1. The van der Waals surface area contributed by atoms with Crippen LogP contribution in [0.4, 0.5) is 11.5 Å². The minimum Gasteiger partial charge on any atom is -0.396 e. The fraction of sp³-hybridized carbons (Fsp3) is 0.333. The van der Waals surface area contributed by atoms with Gasteiger partial charge in [0.15, 0.2) is 0 Å². The number of anilines is 2. The number of aryl methyl sites for hydroxylation is 1. The largest absolute Gasteiger partial charge is 0.396 e. The van der Waals surface area contributed by atoms with Gasteiger partial charge in [0.25, 0.3) is 0 Å². The molecule has 0 spiro atoms. The predicted molar refractivity (Wildman–Crippen MR) is 68.6 cm³/mol. The first-order valence-electron chi connectivity index (χ1n) is 5.76. The molecule has 2 aromatic rings. The number of aromatic nitrogens is 3. The van der Waals surface area contributed by atoms with E-state index in [2.05, 4.69) is 19.9 Å². The average molecular weight is 231 g/mol. The van der Waals surface area contributed by atoms with Crippen molar-refractivity contribution in [3.63, 3.8) is 0 Å². The molecule has 0 aliphatic carbocycles. The first kappa shape index (κ1) is 11.4. The molecule has 2 rings (SSSR count). The second kappa shape index (κ2) is 5.89. The first-order valence-corrected chi connectivity index (χ1v) is 5.76. The lowest BCUT2D eigenvalue weighted by molar-refractivity contribution is 0.621. The van der Waals surface area contributed by atoms with Gasteiger partial charge >= 0.3 is 0 Å². The van der Waals surface area contributed by atoms with Crippen LogP contribution in [-0.2, 0) is 6.54 Å². The third kappa shape index (κ3) is 3.48. The van der Waals surface area contributed by atoms with Gasteiger partial charge in [-0.1, -0.05) is 0 Å². The standard InChI is InChI=1S/C12H17N5/c13-11-4-3-6-16-12(11)15-5-1-2-8-17-9-7-14-10-17/h3-4,6-7,9-10H,1-2,5,8,13H2,(H,15,16). The van der Waals surface area contributed by atoms with Gasteiger partial charge in [-0.05, 0) is 25.0 Å². The molecule has 5 heteroatoms. The molecule has 2 heterocycles. The molecular weight excluding hydrogens is 214 g/mol. The van der Waals surface area contributed by atoms with Crippen LogP contribution in [-0.4, -0.2) is 21.1 Å². The molecule has 90 valence electrons. The fourth-order valence-electron chi connectivity index (χ4n) is 1.61. The lowest BCUT2D eigenvalue weighted by Gasteiger charge is -2.07. The molecular formula is C12H17N5. The topological polar surface area (TPSA) is 68.8 Å². The zero-order valence-electron chi connectivity index (χ0n) is 9.71. The van der Waals surface area contributed by atoms with E-state index in [4.69, 9.17) is 5.73 Å². The Morgan fingerprint density at radius 2 is 2.24 bits per heavy atom. The third-order valence-electron chi connectivity index (χ3n) is 2.53. The molecule has 0 aliphatic heterocycles. The number of nitrogens with two attached hydrogens (primary N) is 1. The average Bonchev–Trinajstić information content (AvgIpc) is 2.84. The van der Waals surface area contributed by atoms with Crippen LogP contribution >= 0.6 is 0 Å². The Kier molecular flexibility index (Phi) is 3.96. The zero-order chi connectivity index (χ0) is 11.9. The second-order valence-corrected chi connectivity index (χ2v) is 3.88. The van der Waals surface area contributed by atoms with Crippen molar-refractivity contribution in [3.8, 4) is 0 Å². The Labute approximate surface area is 101 Å². The molecule has 0 atom stereocenters. The summed E-state index contributed by atoms with van der Waals surface area (Å²) in [5.74, 6) is 0.773. The van der Waals surface area contributed by atoms with E-state index in [0.717, 1.165) is 31.7 Å². The van der Waals surface area contributed by atoms with Crippen molar-refractivity contribution < 1.29 is 0 Å². The number of hydrogen-bond acceptors (Lipinski definition) is 4. The molecule has 0 saturated carbocycles. The van der Waals surface area contributed by atoms with Crippen molar-refractivity contribution >= 4 is 11.5 Å². The van der Waals surface area contributed by atoms with Crippen molar-refractivity contribution in [1.82, 2.24) is 14.5 Å². The smallest absolute Gasteiger partial charge is 0.149 e. The monoisotopic (exact) mass is 231 g/mol. The summed E-state index contributed by atoms with van der Waals surface area (Å²) in [7, 11) is 0. The van der Waals surface area contributed by atoms with Gasteiger partial charge in [-0.2, -0.15) is 0 Å². The van der Waals surface area contributed by atoms with E-state index in [9.17, 15) is 0 Å². The minimum absolute atomic E-state index is 0.696. The van der Waals surface area contributed by atoms with Crippen molar-refractivity contribution in [3.05, 3.63) is 37.1 Å². The van der Waals surface area contributed by atoms with Crippen LogP contribution in [0.1, 0.15) is 12.8 Å². The van der Waals surface area contributed by atoms with Crippen molar-refractivity contribution in [1.29, 1.82) is 0 Å². The molecule has 0 unspecified atom stereocenters. The molecule has 2 aromatic heterocycles. The highest BCUT2D eigenvalue weighted by molar-refractivity contribution is 5.60. The van der Waals surface area contributed by atoms with Crippen LogP contribution < -0.4 is 11.1 Å². The number of nitrogens with zero attached hydrogens (tertiary/aromatic N) is 3. The molecule has 0 aliphatic rings. The summed E-state index contributed by atoms with van der Waals surface area (Å²) < 4.78 is 2.08. The SMILES string of the molecule is Nc1cccnc1NCCCCn1ccnc1. The van der Waals surface area contributed by atoms with E-state index in [1.807, 2.05) is 24.7 Å². The summed E-state index contributed by atoms with van der Waals surface area (Å²) >= 11 is 0. The van der Waals surface area contributed by atoms with Gasteiger partial charge in [0.05, 0.1) is 12.0 Å². The number of hydrogen-bond donors (Lipinski definition) is 2. The summed E-state index contributed by atoms with van der Waals surface area (Å²) in [6.45, 7) is 1.88. The zero-order valence-corrected chi connectivity index (χ0v) is 9.71. The van der Waals surface area contributed by atoms with Gasteiger partial charge in [0.2, 0.25) is 0 Å². The molecule has 0 radical (unpaired) electrons. The van der Waals surface area contributed by atoms with Gasteiger partial charge in [0.1, 0.15) is 5.82 Å². The Morgan fingerprint density at radius 3 is 3.00 bits per heavy atom. The molecule has 17 heavy (non-hydrogen) atoms. The molecule has 0 bridgehead atoms.